The monoisotopic (exact) mass is 307 g/mol. The van der Waals surface area contributed by atoms with Crippen molar-refractivity contribution in [3.8, 4) is 0 Å². The van der Waals surface area contributed by atoms with E-state index in [4.69, 9.17) is 0 Å². The van der Waals surface area contributed by atoms with Crippen molar-refractivity contribution in [3.63, 3.8) is 0 Å². The van der Waals surface area contributed by atoms with Crippen LogP contribution in [0.5, 0.6) is 0 Å². The van der Waals surface area contributed by atoms with Crippen molar-refractivity contribution in [2.24, 2.45) is 0 Å². The lowest BCUT2D eigenvalue weighted by Gasteiger charge is -2.12. The van der Waals surface area contributed by atoms with Crippen LogP contribution in [-0.4, -0.2) is 15.4 Å². The third-order valence-electron chi connectivity index (χ3n) is 2.84. The summed E-state index contributed by atoms with van der Waals surface area (Å²) in [7, 11) is 0. The lowest BCUT2D eigenvalue weighted by molar-refractivity contribution is -0.385. The maximum Gasteiger partial charge on any atom is 0.285 e. The molecule has 110 valence electrons. The molecule has 1 N–H and O–H groups in total. The minimum atomic E-state index is -0.609. The summed E-state index contributed by atoms with van der Waals surface area (Å²) >= 11 is 1.52. The second-order valence-corrected chi connectivity index (χ2v) is 5.39. The van der Waals surface area contributed by atoms with E-state index in [9.17, 15) is 19.7 Å². The van der Waals surface area contributed by atoms with Crippen LogP contribution in [-0.2, 0) is 11.3 Å². The molecule has 0 aliphatic carbocycles. The standard InChI is InChI=1S/C13H13N3O4S/c1-9(11-3-2-6-21-11)14-12(17)8-15-7-10(16(19)20)4-5-13(15)18/h2-7,9H,8H2,1H3,(H,14,17)/t9-/m0/s1. The van der Waals surface area contributed by atoms with E-state index in [0.29, 0.717) is 0 Å². The van der Waals surface area contributed by atoms with Crippen molar-refractivity contribution in [2.75, 3.05) is 0 Å². The van der Waals surface area contributed by atoms with Crippen LogP contribution in [0.2, 0.25) is 0 Å². The second kappa shape index (κ2) is 6.31. The summed E-state index contributed by atoms with van der Waals surface area (Å²) in [4.78, 5) is 34.6. The number of carbonyl (C=O) groups is 1. The van der Waals surface area contributed by atoms with E-state index < -0.39 is 10.5 Å². The maximum atomic E-state index is 11.9. The molecule has 2 rings (SSSR count). The molecule has 2 heterocycles. The maximum absolute atomic E-state index is 11.9. The summed E-state index contributed by atoms with van der Waals surface area (Å²) < 4.78 is 1.02. The topological polar surface area (TPSA) is 94.2 Å². The van der Waals surface area contributed by atoms with E-state index in [1.54, 1.807) is 0 Å². The summed E-state index contributed by atoms with van der Waals surface area (Å²) in [5.41, 5.74) is -0.687. The summed E-state index contributed by atoms with van der Waals surface area (Å²) in [5, 5.41) is 15.3. The molecule has 0 radical (unpaired) electrons. The number of hydrogen-bond donors (Lipinski definition) is 1. The van der Waals surface area contributed by atoms with Gasteiger partial charge in [-0.3, -0.25) is 24.3 Å². The van der Waals surface area contributed by atoms with Crippen molar-refractivity contribution >= 4 is 22.9 Å². The molecule has 0 unspecified atom stereocenters. The van der Waals surface area contributed by atoms with E-state index in [1.165, 1.54) is 11.3 Å². The van der Waals surface area contributed by atoms with Gasteiger partial charge in [0.2, 0.25) is 5.91 Å². The predicted molar refractivity (Wildman–Crippen MR) is 78.2 cm³/mol. The zero-order valence-electron chi connectivity index (χ0n) is 11.2. The molecule has 21 heavy (non-hydrogen) atoms. The summed E-state index contributed by atoms with van der Waals surface area (Å²) in [6.45, 7) is 1.58. The highest BCUT2D eigenvalue weighted by atomic mass is 32.1. The number of carbonyl (C=O) groups excluding carboxylic acids is 1. The van der Waals surface area contributed by atoms with Gasteiger partial charge in [0.1, 0.15) is 6.54 Å². The third kappa shape index (κ3) is 3.76. The molecule has 1 amide bonds. The van der Waals surface area contributed by atoms with Crippen LogP contribution in [0.4, 0.5) is 5.69 Å². The molecule has 0 aliphatic rings. The lowest BCUT2D eigenvalue weighted by atomic mass is 10.3. The van der Waals surface area contributed by atoms with E-state index in [0.717, 1.165) is 27.8 Å². The molecular formula is C13H13N3O4S. The summed E-state index contributed by atoms with van der Waals surface area (Å²) in [5.74, 6) is -0.376. The van der Waals surface area contributed by atoms with E-state index in [-0.39, 0.29) is 24.2 Å². The lowest BCUT2D eigenvalue weighted by Crippen LogP contribution is -2.33. The molecule has 1 atom stereocenters. The zero-order chi connectivity index (χ0) is 15.4. The molecule has 0 aliphatic heterocycles. The Balaban J connectivity index is 2.07. The molecule has 0 bridgehead atoms. The minimum absolute atomic E-state index is 0.174. The molecule has 2 aromatic heterocycles. The van der Waals surface area contributed by atoms with Crippen LogP contribution >= 0.6 is 11.3 Å². The summed E-state index contributed by atoms with van der Waals surface area (Å²) in [6, 6.07) is 5.80. The van der Waals surface area contributed by atoms with Gasteiger partial charge in [-0.25, -0.2) is 0 Å². The molecule has 0 saturated heterocycles. The number of nitrogens with one attached hydrogen (secondary N) is 1. The van der Waals surface area contributed by atoms with Crippen molar-refractivity contribution in [3.05, 3.63) is 61.2 Å². The number of aromatic nitrogens is 1. The number of nitrogens with zero attached hydrogens (tertiary/aromatic N) is 2. The van der Waals surface area contributed by atoms with Crippen LogP contribution in [0, 0.1) is 10.1 Å². The summed E-state index contributed by atoms with van der Waals surface area (Å²) in [6.07, 6.45) is 1.07. The van der Waals surface area contributed by atoms with Gasteiger partial charge in [-0.1, -0.05) is 6.07 Å². The number of rotatable bonds is 5. The van der Waals surface area contributed by atoms with Crippen molar-refractivity contribution in [2.45, 2.75) is 19.5 Å². The van der Waals surface area contributed by atoms with Gasteiger partial charge in [-0.15, -0.1) is 11.3 Å². The number of pyridine rings is 1. The van der Waals surface area contributed by atoms with E-state index in [1.807, 2.05) is 24.4 Å². The molecular weight excluding hydrogens is 294 g/mol. The van der Waals surface area contributed by atoms with Crippen LogP contribution in [0.25, 0.3) is 0 Å². The average Bonchev–Trinajstić information content (AvgIpc) is 2.95. The molecule has 0 spiro atoms. The highest BCUT2D eigenvalue weighted by Crippen LogP contribution is 2.17. The van der Waals surface area contributed by atoms with Crippen LogP contribution in [0.3, 0.4) is 0 Å². The van der Waals surface area contributed by atoms with Crippen molar-refractivity contribution < 1.29 is 9.72 Å². The van der Waals surface area contributed by atoms with Crippen LogP contribution < -0.4 is 10.9 Å². The fraction of sp³-hybridized carbons (Fsp3) is 0.231. The second-order valence-electron chi connectivity index (χ2n) is 4.42. The molecule has 0 fully saturated rings. The fourth-order valence-electron chi connectivity index (χ4n) is 1.80. The van der Waals surface area contributed by atoms with Crippen molar-refractivity contribution in [1.82, 2.24) is 9.88 Å². The SMILES string of the molecule is C[C@H](NC(=O)Cn1cc([N+](=O)[O-])ccc1=O)c1cccs1. The zero-order valence-corrected chi connectivity index (χ0v) is 12.0. The number of thiophene rings is 1. The molecule has 0 saturated carbocycles. The van der Waals surface area contributed by atoms with Gasteiger partial charge in [-0.05, 0) is 18.4 Å². The Morgan fingerprint density at radius 2 is 2.24 bits per heavy atom. The van der Waals surface area contributed by atoms with E-state index >= 15 is 0 Å². The number of amides is 1. The number of nitro groups is 1. The Morgan fingerprint density at radius 3 is 2.86 bits per heavy atom. The Hall–Kier alpha value is -2.48. The fourth-order valence-corrected chi connectivity index (χ4v) is 2.54. The van der Waals surface area contributed by atoms with Crippen molar-refractivity contribution in [1.29, 1.82) is 0 Å². The first-order valence-corrected chi connectivity index (χ1v) is 7.03. The molecule has 2 aromatic rings. The first-order valence-electron chi connectivity index (χ1n) is 6.15. The van der Waals surface area contributed by atoms with Crippen LogP contribution in [0.1, 0.15) is 17.8 Å². The van der Waals surface area contributed by atoms with Gasteiger partial charge < -0.3 is 5.32 Å². The Bertz CT molecular complexity index is 708. The molecule has 0 aromatic carbocycles. The van der Waals surface area contributed by atoms with Gasteiger partial charge in [0, 0.05) is 17.0 Å². The highest BCUT2D eigenvalue weighted by molar-refractivity contribution is 7.10. The van der Waals surface area contributed by atoms with Gasteiger partial charge >= 0.3 is 0 Å². The molecule has 8 heteroatoms. The van der Waals surface area contributed by atoms with E-state index in [2.05, 4.69) is 5.32 Å². The normalized spacial score (nSPS) is 11.9. The van der Waals surface area contributed by atoms with Gasteiger partial charge in [-0.2, -0.15) is 0 Å². The third-order valence-corrected chi connectivity index (χ3v) is 3.90. The highest BCUT2D eigenvalue weighted by Gasteiger charge is 2.13. The first-order chi connectivity index (χ1) is 9.97. The Kier molecular flexibility index (Phi) is 4.49. The predicted octanol–water partition coefficient (Wildman–Crippen LogP) is 1.70. The average molecular weight is 307 g/mol. The Labute approximate surface area is 124 Å². The van der Waals surface area contributed by atoms with Crippen LogP contribution in [0.15, 0.2) is 40.6 Å². The minimum Gasteiger partial charge on any atom is -0.347 e. The Morgan fingerprint density at radius 1 is 1.48 bits per heavy atom. The first kappa shape index (κ1) is 14.9. The quantitative estimate of drug-likeness (QED) is 0.672. The number of hydrogen-bond acceptors (Lipinski definition) is 5. The van der Waals surface area contributed by atoms with Gasteiger partial charge in [0.15, 0.2) is 0 Å². The van der Waals surface area contributed by atoms with Gasteiger partial charge in [0.25, 0.3) is 11.2 Å². The largest absolute Gasteiger partial charge is 0.347 e. The smallest absolute Gasteiger partial charge is 0.285 e. The van der Waals surface area contributed by atoms with Gasteiger partial charge in [0.05, 0.1) is 17.2 Å². The molecule has 7 nitrogen and oxygen atoms in total.